The van der Waals surface area contributed by atoms with Gasteiger partial charge >= 0.3 is 0 Å². The lowest BCUT2D eigenvalue weighted by atomic mass is 9.87. The molecule has 0 heterocycles. The Morgan fingerprint density at radius 3 is 2.55 bits per heavy atom. The fraction of sp³-hybridized carbons (Fsp3) is 0.379. The van der Waals surface area contributed by atoms with E-state index in [0.29, 0.717) is 37.6 Å². The monoisotopic (exact) mass is 684 g/mol. The summed E-state index contributed by atoms with van der Waals surface area (Å²) in [6, 6.07) is 9.59. The van der Waals surface area contributed by atoms with E-state index in [1.807, 2.05) is 6.92 Å². The molecule has 3 atom stereocenters. The van der Waals surface area contributed by atoms with E-state index in [2.05, 4.69) is 27.9 Å². The Bertz CT molecular complexity index is 1240. The molecule has 0 bridgehead atoms. The lowest BCUT2D eigenvalue weighted by Gasteiger charge is -2.40. The summed E-state index contributed by atoms with van der Waals surface area (Å²) in [5, 5.41) is 33.6. The molecule has 0 fully saturated rings. The predicted octanol–water partition coefficient (Wildman–Crippen LogP) is 3.36. The molecule has 40 heavy (non-hydrogen) atoms. The predicted molar refractivity (Wildman–Crippen MR) is 160 cm³/mol. The van der Waals surface area contributed by atoms with Crippen LogP contribution in [0.1, 0.15) is 30.9 Å². The van der Waals surface area contributed by atoms with Gasteiger partial charge in [0.2, 0.25) is 11.8 Å². The number of rotatable bonds is 12. The third-order valence-corrected chi connectivity index (χ3v) is 7.44. The fourth-order valence-electron chi connectivity index (χ4n) is 4.35. The first-order chi connectivity index (χ1) is 19.2. The van der Waals surface area contributed by atoms with Gasteiger partial charge in [0.1, 0.15) is 12.2 Å². The van der Waals surface area contributed by atoms with E-state index in [0.717, 1.165) is 5.56 Å². The molecule has 216 valence electrons. The van der Waals surface area contributed by atoms with E-state index >= 15 is 0 Å². The number of hydrogen-bond donors (Lipinski definition) is 4. The molecule has 2 amide bonds. The zero-order valence-electron chi connectivity index (χ0n) is 22.3. The minimum absolute atomic E-state index is 0.0515. The molecule has 9 nitrogen and oxygen atoms in total. The summed E-state index contributed by atoms with van der Waals surface area (Å²) in [6.45, 7) is 1.70. The van der Waals surface area contributed by atoms with E-state index in [1.165, 1.54) is 24.2 Å². The van der Waals surface area contributed by atoms with Crippen molar-refractivity contribution in [2.75, 3.05) is 20.3 Å². The maximum atomic E-state index is 13.4. The highest BCUT2D eigenvalue weighted by molar-refractivity contribution is 14.1. The van der Waals surface area contributed by atoms with Gasteiger partial charge in [-0.3, -0.25) is 9.59 Å². The van der Waals surface area contributed by atoms with Gasteiger partial charge in [-0.25, -0.2) is 0 Å². The van der Waals surface area contributed by atoms with Crippen molar-refractivity contribution in [1.29, 1.82) is 0 Å². The summed E-state index contributed by atoms with van der Waals surface area (Å²) in [5.41, 5.74) is 1.73. The number of aliphatic hydroxyl groups excluding tert-OH is 3. The highest BCUT2D eigenvalue weighted by Gasteiger charge is 2.40. The van der Waals surface area contributed by atoms with Gasteiger partial charge in [0.15, 0.2) is 11.5 Å². The Balaban J connectivity index is 2.04. The SMILES string of the molecule is CCC=CC(=O)N(Cc1ccc(Cl)cc1)C1CC(C(=O)NCCO)=CC(Oc2c(I)cc(CO)cc2OC)C1O. The Morgan fingerprint density at radius 1 is 1.20 bits per heavy atom. The van der Waals surface area contributed by atoms with Crippen LogP contribution in [0.5, 0.6) is 11.5 Å². The molecular formula is C29H34ClIN2O7. The van der Waals surface area contributed by atoms with E-state index in [9.17, 15) is 24.9 Å². The van der Waals surface area contributed by atoms with Gasteiger partial charge in [0.05, 0.1) is 29.9 Å². The summed E-state index contributed by atoms with van der Waals surface area (Å²) in [7, 11) is 1.47. The summed E-state index contributed by atoms with van der Waals surface area (Å²) in [6.07, 6.45) is 3.22. The van der Waals surface area contributed by atoms with E-state index < -0.39 is 24.2 Å². The minimum atomic E-state index is -1.21. The second-order valence-electron chi connectivity index (χ2n) is 9.19. The van der Waals surface area contributed by atoms with Crippen LogP contribution in [0.4, 0.5) is 0 Å². The number of benzene rings is 2. The first kappa shape index (κ1) is 31.9. The van der Waals surface area contributed by atoms with Crippen LogP contribution >= 0.6 is 34.2 Å². The molecule has 3 unspecified atom stereocenters. The molecule has 0 spiro atoms. The summed E-state index contributed by atoms with van der Waals surface area (Å²) < 4.78 is 12.4. The fourth-order valence-corrected chi connectivity index (χ4v) is 5.27. The lowest BCUT2D eigenvalue weighted by Crippen LogP contribution is -2.54. The smallest absolute Gasteiger partial charge is 0.247 e. The van der Waals surface area contributed by atoms with E-state index in [1.54, 1.807) is 42.5 Å². The maximum absolute atomic E-state index is 13.4. The molecule has 3 rings (SSSR count). The summed E-state index contributed by atoms with van der Waals surface area (Å²) in [4.78, 5) is 28.0. The molecule has 0 saturated heterocycles. The van der Waals surface area contributed by atoms with Crippen LogP contribution in [0.3, 0.4) is 0 Å². The van der Waals surface area contributed by atoms with Crippen LogP contribution in [-0.4, -0.2) is 70.5 Å². The zero-order valence-corrected chi connectivity index (χ0v) is 25.3. The third-order valence-electron chi connectivity index (χ3n) is 6.39. The Labute approximate surface area is 252 Å². The Hall–Kier alpha value is -2.64. The van der Waals surface area contributed by atoms with Crippen LogP contribution < -0.4 is 14.8 Å². The molecule has 2 aromatic rings. The first-order valence-electron chi connectivity index (χ1n) is 12.9. The van der Waals surface area contributed by atoms with Crippen molar-refractivity contribution in [3.05, 3.63) is 79.9 Å². The molecular weight excluding hydrogens is 651 g/mol. The van der Waals surface area contributed by atoms with Gasteiger partial charge in [-0.2, -0.15) is 0 Å². The summed E-state index contributed by atoms with van der Waals surface area (Å²) >= 11 is 8.11. The highest BCUT2D eigenvalue weighted by atomic mass is 127. The molecule has 0 radical (unpaired) electrons. The second-order valence-corrected chi connectivity index (χ2v) is 10.8. The topological polar surface area (TPSA) is 129 Å². The van der Waals surface area contributed by atoms with Gasteiger partial charge in [-0.15, -0.1) is 0 Å². The number of allylic oxidation sites excluding steroid dienone is 1. The van der Waals surface area contributed by atoms with Gasteiger partial charge in [0, 0.05) is 30.1 Å². The van der Waals surface area contributed by atoms with Gasteiger partial charge in [0.25, 0.3) is 0 Å². The third kappa shape index (κ3) is 8.20. The van der Waals surface area contributed by atoms with Gasteiger partial charge in [-0.05, 0) is 76.6 Å². The lowest BCUT2D eigenvalue weighted by molar-refractivity contribution is -0.134. The number of nitrogens with zero attached hydrogens (tertiary/aromatic N) is 1. The quantitative estimate of drug-likeness (QED) is 0.200. The number of amides is 2. The van der Waals surface area contributed by atoms with E-state index in [-0.39, 0.29) is 38.6 Å². The van der Waals surface area contributed by atoms with Crippen molar-refractivity contribution in [2.45, 2.75) is 51.2 Å². The molecule has 0 saturated carbocycles. The number of hydrogen-bond acceptors (Lipinski definition) is 7. The number of methoxy groups -OCH3 is 1. The molecule has 0 aromatic heterocycles. The second kappa shape index (κ2) is 15.4. The van der Waals surface area contributed by atoms with Crippen molar-refractivity contribution in [3.8, 4) is 11.5 Å². The van der Waals surface area contributed by atoms with Crippen molar-refractivity contribution >= 4 is 46.0 Å². The Kier molecular flexibility index (Phi) is 12.3. The van der Waals surface area contributed by atoms with Crippen molar-refractivity contribution in [1.82, 2.24) is 10.2 Å². The molecule has 11 heteroatoms. The first-order valence-corrected chi connectivity index (χ1v) is 14.3. The average Bonchev–Trinajstić information content (AvgIpc) is 2.96. The van der Waals surface area contributed by atoms with Gasteiger partial charge < -0.3 is 35.0 Å². The molecule has 1 aliphatic carbocycles. The summed E-state index contributed by atoms with van der Waals surface area (Å²) in [5.74, 6) is -0.0707. The molecule has 2 aromatic carbocycles. The van der Waals surface area contributed by atoms with Gasteiger partial charge in [-0.1, -0.05) is 36.7 Å². The normalized spacial score (nSPS) is 18.8. The standard InChI is InChI=1S/C29H34ClIN2O7/c1-3-4-5-26(36)33(16-18-6-8-21(30)9-7-18)23-14-20(29(38)32-10-11-34)15-24(27(23)37)40-28-22(31)12-19(17-35)13-25(28)39-2/h4-9,12-13,15,23-24,27,34-35,37H,3,10-11,14,16-17H2,1-2H3,(H,32,38). The molecule has 4 N–H and O–H groups in total. The minimum Gasteiger partial charge on any atom is -0.493 e. The number of aliphatic hydroxyl groups is 3. The van der Waals surface area contributed by atoms with Crippen LogP contribution in [0.15, 0.2) is 60.2 Å². The Morgan fingerprint density at radius 2 is 1.93 bits per heavy atom. The van der Waals surface area contributed by atoms with Crippen LogP contribution in [-0.2, 0) is 22.7 Å². The van der Waals surface area contributed by atoms with Crippen LogP contribution in [0, 0.1) is 3.57 Å². The van der Waals surface area contributed by atoms with Crippen LogP contribution in [0.2, 0.25) is 5.02 Å². The number of halogens is 2. The molecule has 1 aliphatic rings. The highest BCUT2D eigenvalue weighted by Crippen LogP contribution is 2.37. The number of ether oxygens (including phenoxy) is 2. The zero-order chi connectivity index (χ0) is 29.2. The average molecular weight is 685 g/mol. The van der Waals surface area contributed by atoms with Crippen molar-refractivity contribution < 1.29 is 34.4 Å². The van der Waals surface area contributed by atoms with E-state index in [4.69, 9.17) is 21.1 Å². The number of carbonyl (C=O) groups is 2. The number of nitrogens with one attached hydrogen (secondary N) is 1. The van der Waals surface area contributed by atoms with Crippen molar-refractivity contribution in [2.24, 2.45) is 0 Å². The maximum Gasteiger partial charge on any atom is 0.247 e. The van der Waals surface area contributed by atoms with Crippen molar-refractivity contribution in [3.63, 3.8) is 0 Å². The van der Waals surface area contributed by atoms with Crippen LogP contribution in [0.25, 0.3) is 0 Å². The number of carbonyl (C=O) groups excluding carboxylic acids is 2. The molecule has 0 aliphatic heterocycles. The largest absolute Gasteiger partial charge is 0.493 e.